The molecular formula is C15H15NO3S2. The van der Waals surface area contributed by atoms with Crippen LogP contribution in [0.5, 0.6) is 0 Å². The summed E-state index contributed by atoms with van der Waals surface area (Å²) in [5.74, 6) is -1.21. The van der Waals surface area contributed by atoms with Crippen molar-refractivity contribution in [2.45, 2.75) is 19.9 Å². The van der Waals surface area contributed by atoms with E-state index in [9.17, 15) is 9.59 Å². The summed E-state index contributed by atoms with van der Waals surface area (Å²) in [6.07, 6.45) is 3.47. The van der Waals surface area contributed by atoms with E-state index in [1.54, 1.807) is 22.8 Å². The number of carboxylic acid groups (broad SMARTS) is 1. The van der Waals surface area contributed by atoms with Crippen molar-refractivity contribution in [3.63, 3.8) is 0 Å². The summed E-state index contributed by atoms with van der Waals surface area (Å²) in [4.78, 5) is 25.6. The summed E-state index contributed by atoms with van der Waals surface area (Å²) in [6, 6.07) is 5.82. The first-order chi connectivity index (χ1) is 10.1. The normalized spacial score (nSPS) is 10.9. The van der Waals surface area contributed by atoms with Crippen molar-refractivity contribution in [2.75, 3.05) is 0 Å². The second-order valence-corrected chi connectivity index (χ2v) is 6.45. The van der Waals surface area contributed by atoms with Gasteiger partial charge < -0.3 is 10.4 Å². The minimum Gasteiger partial charge on any atom is -0.478 e. The molecule has 0 atom stereocenters. The number of hydrogen-bond acceptors (Lipinski definition) is 4. The number of carbonyl (C=O) groups excluding carboxylic acids is 1. The van der Waals surface area contributed by atoms with Gasteiger partial charge in [0, 0.05) is 15.8 Å². The van der Waals surface area contributed by atoms with Gasteiger partial charge in [-0.15, -0.1) is 22.7 Å². The van der Waals surface area contributed by atoms with Crippen LogP contribution in [0, 0.1) is 0 Å². The molecule has 1 amide bonds. The third-order valence-corrected chi connectivity index (χ3v) is 4.95. The Kier molecular flexibility index (Phi) is 5.30. The molecule has 0 fully saturated rings. The molecule has 0 spiro atoms. The van der Waals surface area contributed by atoms with E-state index in [1.807, 2.05) is 6.07 Å². The molecule has 2 heterocycles. The van der Waals surface area contributed by atoms with Crippen LogP contribution in [0.4, 0.5) is 0 Å². The van der Waals surface area contributed by atoms with E-state index < -0.39 is 5.97 Å². The fraction of sp³-hybridized carbons (Fsp3) is 0.200. The molecule has 6 heteroatoms. The molecule has 0 aromatic carbocycles. The van der Waals surface area contributed by atoms with Crippen LogP contribution in [0.2, 0.25) is 0 Å². The van der Waals surface area contributed by atoms with Crippen molar-refractivity contribution in [1.82, 2.24) is 5.32 Å². The van der Waals surface area contributed by atoms with Crippen LogP contribution in [0.25, 0.3) is 6.08 Å². The molecule has 0 saturated heterocycles. The third kappa shape index (κ3) is 4.27. The Bertz CT molecular complexity index is 670. The second kappa shape index (κ2) is 7.19. The first kappa shape index (κ1) is 15.5. The van der Waals surface area contributed by atoms with E-state index in [1.165, 1.54) is 22.3 Å². The highest BCUT2D eigenvalue weighted by Gasteiger charge is 2.11. The molecule has 0 unspecified atom stereocenters. The molecule has 0 aliphatic heterocycles. The van der Waals surface area contributed by atoms with Crippen LogP contribution < -0.4 is 5.32 Å². The summed E-state index contributed by atoms with van der Waals surface area (Å²) in [5, 5.41) is 13.3. The van der Waals surface area contributed by atoms with E-state index >= 15 is 0 Å². The van der Waals surface area contributed by atoms with Crippen LogP contribution >= 0.6 is 22.7 Å². The minimum absolute atomic E-state index is 0.179. The number of rotatable bonds is 6. The molecule has 2 aromatic rings. The zero-order valence-electron chi connectivity index (χ0n) is 11.5. The summed E-state index contributed by atoms with van der Waals surface area (Å²) in [6.45, 7) is 2.59. The number of aryl methyl sites for hydroxylation is 1. The van der Waals surface area contributed by atoms with E-state index in [0.717, 1.165) is 17.4 Å². The maximum absolute atomic E-state index is 12.1. The number of nitrogens with one attached hydrogen (secondary N) is 1. The summed E-state index contributed by atoms with van der Waals surface area (Å²) < 4.78 is 0. The largest absolute Gasteiger partial charge is 0.478 e. The lowest BCUT2D eigenvalue weighted by Gasteiger charge is -2.02. The lowest BCUT2D eigenvalue weighted by molar-refractivity contribution is -0.131. The minimum atomic E-state index is -1.03. The third-order valence-electron chi connectivity index (χ3n) is 2.80. The van der Waals surface area contributed by atoms with Crippen LogP contribution in [-0.4, -0.2) is 17.0 Å². The maximum atomic E-state index is 12.1. The molecule has 21 heavy (non-hydrogen) atoms. The highest BCUT2D eigenvalue weighted by atomic mass is 32.1. The van der Waals surface area contributed by atoms with E-state index in [2.05, 4.69) is 18.3 Å². The van der Waals surface area contributed by atoms with Crippen LogP contribution in [-0.2, 0) is 17.8 Å². The van der Waals surface area contributed by atoms with Gasteiger partial charge in [-0.2, -0.15) is 0 Å². The van der Waals surface area contributed by atoms with E-state index in [0.29, 0.717) is 17.0 Å². The van der Waals surface area contributed by atoms with E-state index in [4.69, 9.17) is 5.11 Å². The van der Waals surface area contributed by atoms with Gasteiger partial charge in [0.05, 0.1) is 11.4 Å². The van der Waals surface area contributed by atoms with Crippen LogP contribution in [0.1, 0.15) is 31.9 Å². The zero-order valence-corrected chi connectivity index (χ0v) is 13.1. The van der Waals surface area contributed by atoms with Crippen LogP contribution in [0.3, 0.4) is 0 Å². The van der Waals surface area contributed by atoms with Crippen LogP contribution in [0.15, 0.2) is 29.7 Å². The Hall–Kier alpha value is -1.92. The van der Waals surface area contributed by atoms with Gasteiger partial charge >= 0.3 is 5.97 Å². The number of amides is 1. The Morgan fingerprint density at radius 3 is 2.71 bits per heavy atom. The molecule has 0 bridgehead atoms. The van der Waals surface area contributed by atoms with Crippen molar-refractivity contribution < 1.29 is 14.7 Å². The molecule has 110 valence electrons. The number of carbonyl (C=O) groups is 2. The molecule has 4 nitrogen and oxygen atoms in total. The number of aliphatic carboxylic acids is 1. The topological polar surface area (TPSA) is 66.4 Å². The quantitative estimate of drug-likeness (QED) is 0.801. The van der Waals surface area contributed by atoms with Crippen molar-refractivity contribution in [3.05, 3.63) is 49.9 Å². The lowest BCUT2D eigenvalue weighted by atomic mass is 10.2. The molecule has 0 aliphatic rings. The molecule has 0 saturated carbocycles. The molecule has 2 N–H and O–H groups in total. The first-order valence-electron chi connectivity index (χ1n) is 6.44. The molecule has 0 radical (unpaired) electrons. The first-order valence-corrected chi connectivity index (χ1v) is 8.14. The maximum Gasteiger partial charge on any atom is 0.328 e. The SMILES string of the molecule is CCc1ccc(CNC(=O)c2sccc2/C=C/C(=O)O)s1. The highest BCUT2D eigenvalue weighted by molar-refractivity contribution is 7.12. The van der Waals surface area contributed by atoms with E-state index in [-0.39, 0.29) is 5.91 Å². The summed E-state index contributed by atoms with van der Waals surface area (Å²) >= 11 is 2.99. The zero-order chi connectivity index (χ0) is 15.2. The summed E-state index contributed by atoms with van der Waals surface area (Å²) in [7, 11) is 0. The Labute approximate surface area is 130 Å². The van der Waals surface area contributed by atoms with Crippen molar-refractivity contribution >= 4 is 40.6 Å². The van der Waals surface area contributed by atoms with Gasteiger partial charge in [-0.25, -0.2) is 4.79 Å². The van der Waals surface area contributed by atoms with Gasteiger partial charge in [-0.1, -0.05) is 6.92 Å². The smallest absolute Gasteiger partial charge is 0.328 e. The van der Waals surface area contributed by atoms with Gasteiger partial charge in [0.25, 0.3) is 5.91 Å². The van der Waals surface area contributed by atoms with Gasteiger partial charge in [0.15, 0.2) is 0 Å². The van der Waals surface area contributed by atoms with Crippen molar-refractivity contribution in [1.29, 1.82) is 0 Å². The standard InChI is InChI=1S/C15H15NO3S2/c1-2-11-4-5-12(21-11)9-16-15(19)14-10(7-8-20-14)3-6-13(17)18/h3-8H,2,9H2,1H3,(H,16,19)(H,17,18)/b6-3+. The average Bonchev–Trinajstić information content (AvgIpc) is 3.11. The fourth-order valence-electron chi connectivity index (χ4n) is 1.75. The number of thiophene rings is 2. The van der Waals surface area contributed by atoms with Gasteiger partial charge in [0.1, 0.15) is 0 Å². The lowest BCUT2D eigenvalue weighted by Crippen LogP contribution is -2.21. The Morgan fingerprint density at radius 2 is 2.05 bits per heavy atom. The molecule has 2 aromatic heterocycles. The van der Waals surface area contributed by atoms with Crippen molar-refractivity contribution in [2.24, 2.45) is 0 Å². The van der Waals surface area contributed by atoms with Gasteiger partial charge in [-0.05, 0) is 41.6 Å². The molecule has 0 aliphatic carbocycles. The predicted molar refractivity (Wildman–Crippen MR) is 85.9 cm³/mol. The number of hydrogen-bond donors (Lipinski definition) is 2. The second-order valence-electron chi connectivity index (χ2n) is 4.28. The monoisotopic (exact) mass is 321 g/mol. The Morgan fingerprint density at radius 1 is 1.29 bits per heavy atom. The fourth-order valence-corrected chi connectivity index (χ4v) is 3.45. The summed E-state index contributed by atoms with van der Waals surface area (Å²) in [5.41, 5.74) is 0.625. The molecule has 2 rings (SSSR count). The Balaban J connectivity index is 2.00. The molecular weight excluding hydrogens is 306 g/mol. The average molecular weight is 321 g/mol. The van der Waals surface area contributed by atoms with Gasteiger partial charge in [-0.3, -0.25) is 4.79 Å². The highest BCUT2D eigenvalue weighted by Crippen LogP contribution is 2.20. The van der Waals surface area contributed by atoms with Gasteiger partial charge in [0.2, 0.25) is 0 Å². The number of carboxylic acids is 1. The predicted octanol–water partition coefficient (Wildman–Crippen LogP) is 3.40. The van der Waals surface area contributed by atoms with Crippen molar-refractivity contribution in [3.8, 4) is 0 Å².